The first-order chi connectivity index (χ1) is 18.8. The van der Waals surface area contributed by atoms with Crippen LogP contribution in [0.2, 0.25) is 10.0 Å². The quantitative estimate of drug-likeness (QED) is 0.285. The SMILES string of the molecule is CC[C@@H](C(=O)NC(C)C)N(Cc1ccc(Cl)cc1Cl)C(=O)CN(c1ccc(C)c(C)c1)S(=O)(=O)c1ccccc1. The molecule has 0 spiro atoms. The fraction of sp³-hybridized carbons (Fsp3) is 0.333. The van der Waals surface area contributed by atoms with Crippen molar-refractivity contribution in [2.24, 2.45) is 0 Å². The highest BCUT2D eigenvalue weighted by molar-refractivity contribution is 7.92. The molecule has 40 heavy (non-hydrogen) atoms. The van der Waals surface area contributed by atoms with Gasteiger partial charge in [0.2, 0.25) is 11.8 Å². The van der Waals surface area contributed by atoms with Crippen molar-refractivity contribution in [3.05, 3.63) is 93.5 Å². The average molecular weight is 605 g/mol. The lowest BCUT2D eigenvalue weighted by atomic mass is 10.1. The average Bonchev–Trinajstić information content (AvgIpc) is 2.90. The first-order valence-corrected chi connectivity index (χ1v) is 15.2. The topological polar surface area (TPSA) is 86.8 Å². The third kappa shape index (κ3) is 7.56. The molecule has 3 rings (SSSR count). The highest BCUT2D eigenvalue weighted by Gasteiger charge is 2.34. The molecular formula is C30H35Cl2N3O4S. The van der Waals surface area contributed by atoms with Gasteiger partial charge in [-0.15, -0.1) is 0 Å². The third-order valence-electron chi connectivity index (χ3n) is 6.56. The van der Waals surface area contributed by atoms with Gasteiger partial charge in [0, 0.05) is 22.6 Å². The molecule has 2 amide bonds. The number of carbonyl (C=O) groups excluding carboxylic acids is 2. The Hall–Kier alpha value is -3.07. The highest BCUT2D eigenvalue weighted by atomic mass is 35.5. The molecule has 0 fully saturated rings. The Morgan fingerprint density at radius 3 is 2.17 bits per heavy atom. The van der Waals surface area contributed by atoms with Crippen LogP contribution in [0.25, 0.3) is 0 Å². The van der Waals surface area contributed by atoms with E-state index < -0.39 is 28.5 Å². The van der Waals surface area contributed by atoms with Gasteiger partial charge in [0.05, 0.1) is 10.6 Å². The molecule has 0 saturated carbocycles. The fourth-order valence-electron chi connectivity index (χ4n) is 4.26. The number of aryl methyl sites for hydroxylation is 2. The van der Waals surface area contributed by atoms with Gasteiger partial charge >= 0.3 is 0 Å². The van der Waals surface area contributed by atoms with Gasteiger partial charge in [-0.3, -0.25) is 13.9 Å². The Labute approximate surface area is 247 Å². The summed E-state index contributed by atoms with van der Waals surface area (Å²) in [5, 5.41) is 3.65. The van der Waals surface area contributed by atoms with Crippen molar-refractivity contribution >= 4 is 50.7 Å². The van der Waals surface area contributed by atoms with Gasteiger partial charge in [0.1, 0.15) is 12.6 Å². The lowest BCUT2D eigenvalue weighted by Crippen LogP contribution is -2.53. The maximum absolute atomic E-state index is 14.1. The number of sulfonamides is 1. The molecular weight excluding hydrogens is 569 g/mol. The molecule has 0 heterocycles. The largest absolute Gasteiger partial charge is 0.352 e. The van der Waals surface area contributed by atoms with Crippen LogP contribution in [0.1, 0.15) is 43.9 Å². The Morgan fingerprint density at radius 2 is 1.60 bits per heavy atom. The summed E-state index contributed by atoms with van der Waals surface area (Å²) in [6.07, 6.45) is 0.310. The van der Waals surface area contributed by atoms with E-state index in [-0.39, 0.29) is 23.4 Å². The molecule has 0 aliphatic carbocycles. The number of nitrogens with one attached hydrogen (secondary N) is 1. The maximum Gasteiger partial charge on any atom is 0.264 e. The Bertz CT molecular complexity index is 1460. The molecule has 0 radical (unpaired) electrons. The molecule has 0 unspecified atom stereocenters. The van der Waals surface area contributed by atoms with E-state index in [4.69, 9.17) is 23.2 Å². The molecule has 214 valence electrons. The number of halogens is 2. The van der Waals surface area contributed by atoms with Crippen LogP contribution in [-0.2, 0) is 26.2 Å². The summed E-state index contributed by atoms with van der Waals surface area (Å²) in [5.41, 5.74) is 2.80. The number of anilines is 1. The molecule has 0 bridgehead atoms. The van der Waals surface area contributed by atoms with Crippen LogP contribution in [0.5, 0.6) is 0 Å². The highest BCUT2D eigenvalue weighted by Crippen LogP contribution is 2.28. The third-order valence-corrected chi connectivity index (χ3v) is 8.94. The fourth-order valence-corrected chi connectivity index (χ4v) is 6.16. The van der Waals surface area contributed by atoms with Crippen molar-refractivity contribution in [2.75, 3.05) is 10.8 Å². The van der Waals surface area contributed by atoms with Crippen LogP contribution < -0.4 is 9.62 Å². The van der Waals surface area contributed by atoms with Gasteiger partial charge in [0.25, 0.3) is 10.0 Å². The van der Waals surface area contributed by atoms with Crippen LogP contribution in [0.15, 0.2) is 71.6 Å². The maximum atomic E-state index is 14.1. The van der Waals surface area contributed by atoms with Crippen LogP contribution in [0, 0.1) is 13.8 Å². The van der Waals surface area contributed by atoms with Gasteiger partial charge in [-0.05, 0) is 87.2 Å². The van der Waals surface area contributed by atoms with E-state index in [2.05, 4.69) is 5.32 Å². The first-order valence-electron chi connectivity index (χ1n) is 13.0. The van der Waals surface area contributed by atoms with Gasteiger partial charge in [-0.1, -0.05) is 60.5 Å². The summed E-state index contributed by atoms with van der Waals surface area (Å²) >= 11 is 12.5. The van der Waals surface area contributed by atoms with Crippen LogP contribution in [0.4, 0.5) is 5.69 Å². The zero-order valence-electron chi connectivity index (χ0n) is 23.3. The molecule has 1 N–H and O–H groups in total. The van der Waals surface area contributed by atoms with Crippen molar-refractivity contribution in [1.29, 1.82) is 0 Å². The number of carbonyl (C=O) groups is 2. The Balaban J connectivity index is 2.10. The number of hydrogen-bond acceptors (Lipinski definition) is 4. The summed E-state index contributed by atoms with van der Waals surface area (Å²) in [4.78, 5) is 28.8. The second-order valence-electron chi connectivity index (χ2n) is 9.94. The summed E-state index contributed by atoms with van der Waals surface area (Å²) in [7, 11) is -4.13. The monoisotopic (exact) mass is 603 g/mol. The molecule has 7 nitrogen and oxygen atoms in total. The minimum absolute atomic E-state index is 0.00892. The zero-order chi connectivity index (χ0) is 29.6. The molecule has 10 heteroatoms. The Kier molecular flexibility index (Phi) is 10.6. The van der Waals surface area contributed by atoms with E-state index in [9.17, 15) is 18.0 Å². The second-order valence-corrected chi connectivity index (χ2v) is 12.6. The predicted octanol–water partition coefficient (Wildman–Crippen LogP) is 6.14. The lowest BCUT2D eigenvalue weighted by molar-refractivity contribution is -0.140. The van der Waals surface area contributed by atoms with Gasteiger partial charge in [-0.25, -0.2) is 8.42 Å². The van der Waals surface area contributed by atoms with Gasteiger partial charge in [-0.2, -0.15) is 0 Å². The molecule has 0 saturated heterocycles. The van der Waals surface area contributed by atoms with Crippen molar-refractivity contribution in [2.45, 2.75) is 64.6 Å². The van der Waals surface area contributed by atoms with E-state index in [1.54, 1.807) is 55.5 Å². The number of hydrogen-bond donors (Lipinski definition) is 1. The van der Waals surface area contributed by atoms with Gasteiger partial charge < -0.3 is 10.2 Å². The molecule has 3 aromatic rings. The van der Waals surface area contributed by atoms with E-state index in [1.165, 1.54) is 17.0 Å². The van der Waals surface area contributed by atoms with Crippen molar-refractivity contribution < 1.29 is 18.0 Å². The number of benzene rings is 3. The predicted molar refractivity (Wildman–Crippen MR) is 161 cm³/mol. The molecule has 3 aromatic carbocycles. The first kappa shape index (κ1) is 31.5. The smallest absolute Gasteiger partial charge is 0.264 e. The van der Waals surface area contributed by atoms with E-state index in [0.717, 1.165) is 15.4 Å². The van der Waals surface area contributed by atoms with Crippen molar-refractivity contribution in [1.82, 2.24) is 10.2 Å². The van der Waals surface area contributed by atoms with Crippen molar-refractivity contribution in [3.8, 4) is 0 Å². The lowest BCUT2D eigenvalue weighted by Gasteiger charge is -2.34. The van der Waals surface area contributed by atoms with Crippen LogP contribution in [-0.4, -0.2) is 43.8 Å². The molecule has 0 aliphatic rings. The Morgan fingerprint density at radius 1 is 0.925 bits per heavy atom. The minimum atomic E-state index is -4.13. The molecule has 1 atom stereocenters. The standard InChI is InChI=1S/C30H35Cl2N3O4S/c1-6-28(30(37)33-20(2)3)34(18-23-13-14-24(31)17-27(23)32)29(36)19-35(25-15-12-21(4)22(5)16-25)40(38,39)26-10-8-7-9-11-26/h7-17,20,28H,6,18-19H2,1-5H3,(H,33,37)/t28-/m0/s1. The molecule has 0 aromatic heterocycles. The van der Waals surface area contributed by atoms with Crippen LogP contribution >= 0.6 is 23.2 Å². The van der Waals surface area contributed by atoms with Crippen molar-refractivity contribution in [3.63, 3.8) is 0 Å². The van der Waals surface area contributed by atoms with E-state index in [0.29, 0.717) is 27.7 Å². The van der Waals surface area contributed by atoms with Crippen LogP contribution in [0.3, 0.4) is 0 Å². The van der Waals surface area contributed by atoms with E-state index >= 15 is 0 Å². The number of amides is 2. The second kappa shape index (κ2) is 13.5. The number of nitrogens with zero attached hydrogens (tertiary/aromatic N) is 2. The summed E-state index contributed by atoms with van der Waals surface area (Å²) < 4.78 is 28.9. The number of rotatable bonds is 11. The zero-order valence-corrected chi connectivity index (χ0v) is 25.6. The van der Waals surface area contributed by atoms with Gasteiger partial charge in [0.15, 0.2) is 0 Å². The summed E-state index contributed by atoms with van der Waals surface area (Å²) in [5.74, 6) is -0.880. The molecule has 0 aliphatic heterocycles. The van der Waals surface area contributed by atoms with E-state index in [1.807, 2.05) is 33.8 Å². The summed E-state index contributed by atoms with van der Waals surface area (Å²) in [6, 6.07) is 17.1. The summed E-state index contributed by atoms with van der Waals surface area (Å²) in [6.45, 7) is 8.75. The normalized spacial score (nSPS) is 12.2. The minimum Gasteiger partial charge on any atom is -0.352 e.